The Labute approximate surface area is 166 Å². The second-order valence-corrected chi connectivity index (χ2v) is 6.53. The average molecular weight is 383 g/mol. The van der Waals surface area contributed by atoms with Crippen molar-refractivity contribution < 1.29 is 9.53 Å². The molecule has 0 heterocycles. The van der Waals surface area contributed by atoms with Crippen molar-refractivity contribution in [1.82, 2.24) is 5.32 Å². The van der Waals surface area contributed by atoms with Crippen LogP contribution in [0.25, 0.3) is 6.08 Å². The van der Waals surface area contributed by atoms with E-state index in [1.807, 2.05) is 54.6 Å². The van der Waals surface area contributed by atoms with Crippen molar-refractivity contribution >= 4 is 35.0 Å². The Balaban J connectivity index is 1.78. The topological polar surface area (TPSA) is 50.4 Å². The van der Waals surface area contributed by atoms with Gasteiger partial charge in [0, 0.05) is 17.8 Å². The number of nitrogens with one attached hydrogen (secondary N) is 2. The Morgan fingerprint density at radius 1 is 1.07 bits per heavy atom. The Morgan fingerprint density at radius 3 is 2.67 bits per heavy atom. The molecular formula is C22H26N2O2S. The first-order chi connectivity index (χ1) is 13.2. The molecule has 0 aliphatic carbocycles. The van der Waals surface area contributed by atoms with Gasteiger partial charge < -0.3 is 10.1 Å². The summed E-state index contributed by atoms with van der Waals surface area (Å²) in [7, 11) is 0. The quantitative estimate of drug-likeness (QED) is 0.357. The summed E-state index contributed by atoms with van der Waals surface area (Å²) in [6, 6.07) is 17.2. The lowest BCUT2D eigenvalue weighted by molar-refractivity contribution is -0.115. The molecule has 2 rings (SSSR count). The highest BCUT2D eigenvalue weighted by molar-refractivity contribution is 7.80. The molecule has 1 amide bonds. The van der Waals surface area contributed by atoms with Crippen molar-refractivity contribution in [2.45, 2.75) is 32.6 Å². The number of carbonyl (C=O) groups excluding carboxylic acids is 1. The number of unbranched alkanes of at least 4 members (excludes halogenated alkanes) is 3. The molecular weight excluding hydrogens is 356 g/mol. The molecule has 2 aromatic rings. The summed E-state index contributed by atoms with van der Waals surface area (Å²) < 4.78 is 5.76. The number of carbonyl (C=O) groups is 1. The van der Waals surface area contributed by atoms with Crippen LogP contribution in [0.2, 0.25) is 0 Å². The van der Waals surface area contributed by atoms with E-state index in [1.54, 1.807) is 6.08 Å². The van der Waals surface area contributed by atoms with Gasteiger partial charge in [0.25, 0.3) is 0 Å². The van der Waals surface area contributed by atoms with E-state index in [-0.39, 0.29) is 11.0 Å². The van der Waals surface area contributed by atoms with Crippen LogP contribution in [0.3, 0.4) is 0 Å². The van der Waals surface area contributed by atoms with Gasteiger partial charge in [-0.15, -0.1) is 0 Å². The largest absolute Gasteiger partial charge is 0.494 e. The lowest BCUT2D eigenvalue weighted by atomic mass is 10.2. The number of rotatable bonds is 9. The van der Waals surface area contributed by atoms with Crippen LogP contribution in [0.1, 0.15) is 38.2 Å². The maximum atomic E-state index is 12.0. The Bertz CT molecular complexity index is 760. The summed E-state index contributed by atoms with van der Waals surface area (Å²) in [6.45, 7) is 2.89. The maximum absolute atomic E-state index is 12.0. The van der Waals surface area contributed by atoms with E-state index in [2.05, 4.69) is 17.6 Å². The Morgan fingerprint density at radius 2 is 1.89 bits per heavy atom. The van der Waals surface area contributed by atoms with Gasteiger partial charge in [0.1, 0.15) is 5.75 Å². The molecule has 0 bridgehead atoms. The van der Waals surface area contributed by atoms with Gasteiger partial charge in [-0.3, -0.25) is 10.1 Å². The van der Waals surface area contributed by atoms with Gasteiger partial charge in [-0.2, -0.15) is 0 Å². The monoisotopic (exact) mass is 382 g/mol. The van der Waals surface area contributed by atoms with Crippen LogP contribution in [0.4, 0.5) is 5.69 Å². The van der Waals surface area contributed by atoms with E-state index in [4.69, 9.17) is 17.0 Å². The maximum Gasteiger partial charge on any atom is 0.250 e. The molecule has 142 valence electrons. The van der Waals surface area contributed by atoms with Gasteiger partial charge in [0.05, 0.1) is 6.61 Å². The highest BCUT2D eigenvalue weighted by Gasteiger charge is 2.03. The second kappa shape index (κ2) is 11.9. The molecule has 0 radical (unpaired) electrons. The minimum Gasteiger partial charge on any atom is -0.494 e. The minimum atomic E-state index is -0.278. The van der Waals surface area contributed by atoms with E-state index in [0.29, 0.717) is 6.61 Å². The number of hydrogen-bond acceptors (Lipinski definition) is 3. The van der Waals surface area contributed by atoms with Crippen LogP contribution in [0, 0.1) is 0 Å². The van der Waals surface area contributed by atoms with Crippen LogP contribution in [-0.4, -0.2) is 17.6 Å². The van der Waals surface area contributed by atoms with Gasteiger partial charge >= 0.3 is 0 Å². The van der Waals surface area contributed by atoms with Crippen molar-refractivity contribution in [1.29, 1.82) is 0 Å². The van der Waals surface area contributed by atoms with Crippen LogP contribution in [-0.2, 0) is 4.79 Å². The fourth-order valence-electron chi connectivity index (χ4n) is 2.43. The zero-order chi connectivity index (χ0) is 19.3. The van der Waals surface area contributed by atoms with Gasteiger partial charge in [-0.1, -0.05) is 62.6 Å². The fourth-order valence-corrected chi connectivity index (χ4v) is 2.65. The van der Waals surface area contributed by atoms with Crippen LogP contribution >= 0.6 is 12.2 Å². The molecule has 0 aromatic heterocycles. The first-order valence-electron chi connectivity index (χ1n) is 9.25. The summed E-state index contributed by atoms with van der Waals surface area (Å²) >= 11 is 5.20. The fraction of sp³-hybridized carbons (Fsp3) is 0.273. The molecule has 4 nitrogen and oxygen atoms in total. The van der Waals surface area contributed by atoms with Gasteiger partial charge in [-0.05, 0) is 42.4 Å². The van der Waals surface area contributed by atoms with Crippen LogP contribution in [0.15, 0.2) is 60.7 Å². The first-order valence-corrected chi connectivity index (χ1v) is 9.66. The lowest BCUT2D eigenvalue weighted by Crippen LogP contribution is -2.32. The number of anilines is 1. The van der Waals surface area contributed by atoms with Gasteiger partial charge in [-0.25, -0.2) is 0 Å². The smallest absolute Gasteiger partial charge is 0.250 e. The standard InChI is InChI=1S/C22H26N2O2S/c1-2-3-4-8-16-26-20-13-9-12-19(17-20)23-22(27)24-21(25)15-14-18-10-6-5-7-11-18/h5-7,9-15,17H,2-4,8,16H2,1H3,(H2,23,24,25,27)/b15-14+. The molecule has 0 unspecified atom stereocenters. The van der Waals surface area contributed by atoms with E-state index in [9.17, 15) is 4.79 Å². The molecule has 0 saturated carbocycles. The summed E-state index contributed by atoms with van der Waals surface area (Å²) in [5, 5.41) is 5.89. The average Bonchev–Trinajstić information content (AvgIpc) is 2.67. The third-order valence-electron chi connectivity index (χ3n) is 3.82. The Kier molecular flexibility index (Phi) is 9.07. The predicted molar refractivity (Wildman–Crippen MR) is 116 cm³/mol. The van der Waals surface area contributed by atoms with Gasteiger partial charge in [0.2, 0.25) is 5.91 Å². The number of amides is 1. The predicted octanol–water partition coefficient (Wildman–Crippen LogP) is 5.17. The van der Waals surface area contributed by atoms with Crippen LogP contribution < -0.4 is 15.4 Å². The summed E-state index contributed by atoms with van der Waals surface area (Å²) in [5.74, 6) is 0.509. The normalized spacial score (nSPS) is 10.6. The molecule has 2 N–H and O–H groups in total. The molecule has 0 aliphatic heterocycles. The molecule has 0 saturated heterocycles. The molecule has 0 atom stereocenters. The SMILES string of the molecule is CCCCCCOc1cccc(NC(=S)NC(=O)/C=C/c2ccccc2)c1. The second-order valence-electron chi connectivity index (χ2n) is 6.12. The van der Waals surface area contributed by atoms with E-state index in [1.165, 1.54) is 25.3 Å². The van der Waals surface area contributed by atoms with E-state index < -0.39 is 0 Å². The molecule has 0 fully saturated rings. The lowest BCUT2D eigenvalue weighted by Gasteiger charge is -2.11. The molecule has 5 heteroatoms. The number of hydrogen-bond donors (Lipinski definition) is 2. The molecule has 27 heavy (non-hydrogen) atoms. The summed E-state index contributed by atoms with van der Waals surface area (Å²) in [6.07, 6.45) is 7.87. The minimum absolute atomic E-state index is 0.248. The van der Waals surface area contributed by atoms with Crippen molar-refractivity contribution in [2.24, 2.45) is 0 Å². The zero-order valence-electron chi connectivity index (χ0n) is 15.6. The summed E-state index contributed by atoms with van der Waals surface area (Å²) in [5.41, 5.74) is 1.73. The van der Waals surface area contributed by atoms with Crippen molar-refractivity contribution in [3.8, 4) is 5.75 Å². The number of ether oxygens (including phenoxy) is 1. The summed E-state index contributed by atoms with van der Waals surface area (Å²) in [4.78, 5) is 12.0. The van der Waals surface area contributed by atoms with Gasteiger partial charge in [0.15, 0.2) is 5.11 Å². The number of benzene rings is 2. The van der Waals surface area contributed by atoms with Crippen molar-refractivity contribution in [3.05, 3.63) is 66.2 Å². The third kappa shape index (κ3) is 8.51. The highest BCUT2D eigenvalue weighted by atomic mass is 32.1. The van der Waals surface area contributed by atoms with Crippen LogP contribution in [0.5, 0.6) is 5.75 Å². The molecule has 0 spiro atoms. The zero-order valence-corrected chi connectivity index (χ0v) is 16.4. The first kappa shape index (κ1) is 20.6. The van der Waals surface area contributed by atoms with E-state index in [0.717, 1.165) is 23.4 Å². The molecule has 2 aromatic carbocycles. The molecule has 0 aliphatic rings. The van der Waals surface area contributed by atoms with Crippen molar-refractivity contribution in [3.63, 3.8) is 0 Å². The van der Waals surface area contributed by atoms with E-state index >= 15 is 0 Å². The third-order valence-corrected chi connectivity index (χ3v) is 4.03. The number of thiocarbonyl (C=S) groups is 1. The highest BCUT2D eigenvalue weighted by Crippen LogP contribution is 2.17. The Hall–Kier alpha value is -2.66. The van der Waals surface area contributed by atoms with Crippen molar-refractivity contribution in [2.75, 3.05) is 11.9 Å².